The Labute approximate surface area is 331 Å². The van der Waals surface area contributed by atoms with Crippen LogP contribution in [0.4, 0.5) is 10.5 Å². The Morgan fingerprint density at radius 1 is 1.12 bits per heavy atom. The maximum Gasteiger partial charge on any atom is 0.409 e. The van der Waals surface area contributed by atoms with Crippen molar-refractivity contribution in [2.45, 2.75) is 89.6 Å². The molecular weight excluding hydrogens is 746 g/mol. The zero-order chi connectivity index (χ0) is 41.1. The van der Waals surface area contributed by atoms with Crippen molar-refractivity contribution in [1.82, 2.24) is 10.2 Å². The summed E-state index contributed by atoms with van der Waals surface area (Å²) in [7, 11) is 4.46. The van der Waals surface area contributed by atoms with Gasteiger partial charge in [0.25, 0.3) is 5.91 Å². The third-order valence-corrected chi connectivity index (χ3v) is 11.1. The van der Waals surface area contributed by atoms with E-state index in [1.54, 1.807) is 64.2 Å². The van der Waals surface area contributed by atoms with Crippen molar-refractivity contribution in [2.75, 3.05) is 39.3 Å². The summed E-state index contributed by atoms with van der Waals surface area (Å²) in [4.78, 5) is 68.6. The molecule has 0 saturated carbocycles. The number of ether oxygens (including phenoxy) is 5. The third-order valence-electron chi connectivity index (χ3n) is 10.8. The van der Waals surface area contributed by atoms with Gasteiger partial charge in [-0.3, -0.25) is 24.5 Å². The Hall–Kier alpha value is -4.76. The number of benzene rings is 2. The number of esters is 1. The van der Waals surface area contributed by atoms with E-state index < -0.39 is 72.1 Å². The van der Waals surface area contributed by atoms with Gasteiger partial charge < -0.3 is 38.6 Å². The first-order valence-electron chi connectivity index (χ1n) is 18.4. The van der Waals surface area contributed by atoms with Crippen molar-refractivity contribution in [3.8, 4) is 5.75 Å². The van der Waals surface area contributed by atoms with E-state index in [0.717, 1.165) is 11.1 Å². The van der Waals surface area contributed by atoms with Gasteiger partial charge in [-0.25, -0.2) is 4.79 Å². The first-order valence-corrected chi connectivity index (χ1v) is 18.8. The fourth-order valence-electron chi connectivity index (χ4n) is 7.31. The minimum Gasteiger partial charge on any atom is -0.495 e. The van der Waals surface area contributed by atoms with Crippen LogP contribution in [0.2, 0.25) is 5.02 Å². The molecule has 2 fully saturated rings. The molecule has 0 unspecified atom stereocenters. The van der Waals surface area contributed by atoms with Crippen LogP contribution < -0.4 is 15.0 Å². The number of anilines is 1. The van der Waals surface area contributed by atoms with Gasteiger partial charge in [-0.1, -0.05) is 54.5 Å². The molecule has 7 atom stereocenters. The Balaban J connectivity index is 1.50. The monoisotopic (exact) mass is 795 g/mol. The van der Waals surface area contributed by atoms with E-state index in [0.29, 0.717) is 23.4 Å². The van der Waals surface area contributed by atoms with Gasteiger partial charge in [0, 0.05) is 44.2 Å². The van der Waals surface area contributed by atoms with E-state index in [4.69, 9.17) is 35.3 Å². The predicted octanol–water partition coefficient (Wildman–Crippen LogP) is 5.03. The van der Waals surface area contributed by atoms with E-state index in [2.05, 4.69) is 5.32 Å². The van der Waals surface area contributed by atoms with Crippen LogP contribution in [0, 0.1) is 5.92 Å². The quantitative estimate of drug-likeness (QED) is 0.208. The van der Waals surface area contributed by atoms with Crippen LogP contribution in [0.5, 0.6) is 5.75 Å². The number of alkyl carbamates (subject to hydrolysis) is 1. The Bertz CT molecular complexity index is 1920. The smallest absolute Gasteiger partial charge is 0.409 e. The lowest BCUT2D eigenvalue weighted by molar-refractivity contribution is -0.154. The maximum absolute atomic E-state index is 14.2. The standard InChI is InChI=1S/C41H50ClN3O11/c1-9-45(38(49)28-15-13-27(14-16-28)25(4)46)22-35(48)55-33-20-34(47)44(6)29-18-26(19-30(52-7)36(29)42)17-23(2)11-10-12-32(53-8)41(51)21-31(54-39(50)43-41)24(3)37-40(33,5)56-37/h10-16,18-19,24,31-33,37,51H,9,17,20-22H2,1-8H3,(H,43,50)/b12-10+,23-11+/t24-,31+,32-,33+,37+,40+,41+/m1/s1. The van der Waals surface area contributed by atoms with Crippen molar-refractivity contribution in [2.24, 2.45) is 5.92 Å². The highest BCUT2D eigenvalue weighted by molar-refractivity contribution is 6.35. The number of ketones is 1. The minimum atomic E-state index is -1.85. The zero-order valence-electron chi connectivity index (χ0n) is 32.9. The summed E-state index contributed by atoms with van der Waals surface area (Å²) in [5, 5.41) is 14.5. The number of nitrogens with one attached hydrogen (secondary N) is 1. The molecular formula is C41H50ClN3O11. The van der Waals surface area contributed by atoms with Gasteiger partial charge in [-0.05, 0) is 63.9 Å². The van der Waals surface area contributed by atoms with E-state index in [1.807, 2.05) is 13.0 Å². The molecule has 3 aliphatic rings. The maximum atomic E-state index is 14.2. The number of methoxy groups -OCH3 is 2. The fraction of sp³-hybridized carbons (Fsp3) is 0.488. The second-order valence-corrected chi connectivity index (χ2v) is 15.1. The van der Waals surface area contributed by atoms with Crippen molar-refractivity contribution in [3.05, 3.63) is 81.9 Å². The molecule has 3 heterocycles. The minimum absolute atomic E-state index is 0.0708. The van der Waals surface area contributed by atoms with Crippen LogP contribution in [-0.2, 0) is 35.0 Å². The molecule has 2 aromatic carbocycles. The summed E-state index contributed by atoms with van der Waals surface area (Å²) in [5.41, 5.74) is -0.299. The molecule has 5 rings (SSSR count). The van der Waals surface area contributed by atoms with Crippen LogP contribution in [0.15, 0.2) is 60.2 Å². The van der Waals surface area contributed by atoms with Crippen molar-refractivity contribution < 1.29 is 52.8 Å². The average molecular weight is 796 g/mol. The molecule has 2 N–H and O–H groups in total. The number of carbonyl (C=O) groups is 5. The number of Topliss-reactive ketones (excluding diaryl/α,β-unsaturated/α-hetero) is 1. The van der Waals surface area contributed by atoms with Crippen LogP contribution in [-0.4, -0.2) is 110 Å². The third kappa shape index (κ3) is 9.10. The van der Waals surface area contributed by atoms with Crippen LogP contribution >= 0.6 is 11.6 Å². The molecule has 4 bridgehead atoms. The number of nitrogens with zero attached hydrogens (tertiary/aromatic N) is 2. The number of rotatable bonds is 8. The average Bonchev–Trinajstić information content (AvgIpc) is 3.86. The summed E-state index contributed by atoms with van der Waals surface area (Å²) < 4.78 is 29.2. The van der Waals surface area contributed by atoms with Crippen LogP contribution in [0.1, 0.15) is 73.7 Å². The molecule has 15 heteroatoms. The lowest BCUT2D eigenvalue weighted by Gasteiger charge is -2.42. The number of epoxide rings is 1. The van der Waals surface area contributed by atoms with Gasteiger partial charge in [0.15, 0.2) is 11.5 Å². The van der Waals surface area contributed by atoms with Gasteiger partial charge in [-0.15, -0.1) is 0 Å². The molecule has 3 amide bonds. The van der Waals surface area contributed by atoms with E-state index in [-0.39, 0.29) is 35.8 Å². The van der Waals surface area contributed by atoms with Gasteiger partial charge >= 0.3 is 12.1 Å². The number of hydrogen-bond donors (Lipinski definition) is 2. The van der Waals surface area contributed by atoms with E-state index in [9.17, 15) is 29.1 Å². The Morgan fingerprint density at radius 3 is 2.43 bits per heavy atom. The topological polar surface area (TPSA) is 174 Å². The molecule has 0 radical (unpaired) electrons. The number of fused-ring (bicyclic) bond motifs is 5. The van der Waals surface area contributed by atoms with Crippen LogP contribution in [0.25, 0.3) is 0 Å². The van der Waals surface area contributed by atoms with Gasteiger partial charge in [-0.2, -0.15) is 0 Å². The van der Waals surface area contributed by atoms with Crippen molar-refractivity contribution in [1.29, 1.82) is 0 Å². The van der Waals surface area contributed by atoms with Gasteiger partial charge in [0.1, 0.15) is 41.2 Å². The normalized spacial score (nSPS) is 29.4. The molecule has 3 aliphatic heterocycles. The molecule has 0 aromatic heterocycles. The first-order chi connectivity index (χ1) is 26.4. The second kappa shape index (κ2) is 17.2. The fourth-order valence-corrected chi connectivity index (χ4v) is 7.63. The molecule has 2 aromatic rings. The molecule has 2 saturated heterocycles. The van der Waals surface area contributed by atoms with Crippen molar-refractivity contribution >= 4 is 46.9 Å². The number of halogens is 1. The van der Waals surface area contributed by atoms with E-state index >= 15 is 0 Å². The first kappa shape index (κ1) is 42.4. The number of likely N-dealkylation sites (N-methyl/N-ethyl adjacent to an activating group) is 1. The predicted molar refractivity (Wildman–Crippen MR) is 207 cm³/mol. The SMILES string of the molecule is CCN(CC(=O)O[C@H]1CC(=O)N(C)c2cc(cc(OC)c2Cl)C/C(C)=C/C=C/[C@@H](OC)[C@@]2(O)C[C@H](OC(=O)N2)[C@@H](C)[C@@H]2O[C@@]12C)C(=O)c1ccc(C(C)=O)cc1. The largest absolute Gasteiger partial charge is 0.495 e. The number of hydrogen-bond acceptors (Lipinski definition) is 11. The molecule has 302 valence electrons. The number of aliphatic hydroxyl groups is 1. The Kier molecular flexibility index (Phi) is 13.0. The van der Waals surface area contributed by atoms with E-state index in [1.165, 1.54) is 43.1 Å². The highest BCUT2D eigenvalue weighted by Crippen LogP contribution is 2.49. The molecule has 0 aliphatic carbocycles. The highest BCUT2D eigenvalue weighted by Gasteiger charge is 2.64. The number of carbonyl (C=O) groups excluding carboxylic acids is 5. The van der Waals surface area contributed by atoms with Crippen molar-refractivity contribution in [3.63, 3.8) is 0 Å². The number of allylic oxidation sites excluding steroid dienone is 3. The second-order valence-electron chi connectivity index (χ2n) is 14.7. The highest BCUT2D eigenvalue weighted by atomic mass is 35.5. The lowest BCUT2D eigenvalue weighted by atomic mass is 9.83. The summed E-state index contributed by atoms with van der Waals surface area (Å²) in [6, 6.07) is 9.69. The van der Waals surface area contributed by atoms with Gasteiger partial charge in [0.2, 0.25) is 5.91 Å². The summed E-state index contributed by atoms with van der Waals surface area (Å²) in [6.45, 7) is 8.25. The number of amides is 3. The van der Waals surface area contributed by atoms with Gasteiger partial charge in [0.05, 0.1) is 25.3 Å². The lowest BCUT2D eigenvalue weighted by Crippen LogP contribution is -2.63. The summed E-state index contributed by atoms with van der Waals surface area (Å²) >= 11 is 6.76. The van der Waals surface area contributed by atoms with Crippen LogP contribution in [0.3, 0.4) is 0 Å². The molecule has 56 heavy (non-hydrogen) atoms. The summed E-state index contributed by atoms with van der Waals surface area (Å²) in [5.74, 6) is -2.05. The molecule has 0 spiro atoms. The summed E-state index contributed by atoms with van der Waals surface area (Å²) in [6.07, 6.45) is 0.706. The Morgan fingerprint density at radius 2 is 1.80 bits per heavy atom. The zero-order valence-corrected chi connectivity index (χ0v) is 33.7. The molecule has 14 nitrogen and oxygen atoms in total.